The molecule has 2 aliphatic rings. The van der Waals surface area contributed by atoms with Gasteiger partial charge in [0, 0.05) is 26.2 Å². The Morgan fingerprint density at radius 2 is 1.92 bits per heavy atom. The summed E-state index contributed by atoms with van der Waals surface area (Å²) in [5.41, 5.74) is 3.44. The molecule has 3 rings (SSSR count). The Balaban J connectivity index is 1.53. The van der Waals surface area contributed by atoms with E-state index in [4.69, 9.17) is 4.74 Å². The molecule has 4 heteroatoms. The smallest absolute Gasteiger partial charge is 0.0919 e. The molecule has 2 fully saturated rings. The minimum atomic E-state index is -0.418. The zero-order valence-corrected chi connectivity index (χ0v) is 15.2. The summed E-state index contributed by atoms with van der Waals surface area (Å²) in [6, 6.07) is 6.33. The molecule has 2 aliphatic heterocycles. The molecule has 134 valence electrons. The van der Waals surface area contributed by atoms with E-state index in [9.17, 15) is 5.11 Å². The molecule has 0 spiro atoms. The van der Waals surface area contributed by atoms with Crippen LogP contribution < -0.4 is 0 Å². The molecule has 1 aromatic rings. The van der Waals surface area contributed by atoms with Crippen molar-refractivity contribution in [1.29, 1.82) is 0 Å². The second kappa shape index (κ2) is 8.43. The molecule has 0 aromatic heterocycles. The summed E-state index contributed by atoms with van der Waals surface area (Å²) in [4.78, 5) is 4.91. The van der Waals surface area contributed by atoms with Gasteiger partial charge in [0.25, 0.3) is 0 Å². The van der Waals surface area contributed by atoms with Crippen molar-refractivity contribution in [1.82, 2.24) is 9.80 Å². The Morgan fingerprint density at radius 1 is 1.12 bits per heavy atom. The Bertz CT molecular complexity index is 528. The maximum Gasteiger partial charge on any atom is 0.0919 e. The van der Waals surface area contributed by atoms with Crippen molar-refractivity contribution in [3.8, 4) is 0 Å². The standard InChI is InChI=1S/C20H32N2O2/c1-16-6-7-17(2)19(12-16)20(23)15-22-10-11-24-18(14-22)13-21-8-4-3-5-9-21/h6-7,12,18,20,23H,3-5,8-11,13-15H2,1-2H3/t18-,20+/m0/s1. The molecule has 4 nitrogen and oxygen atoms in total. The van der Waals surface area contributed by atoms with E-state index >= 15 is 0 Å². The van der Waals surface area contributed by atoms with Crippen LogP contribution in [-0.4, -0.2) is 66.9 Å². The van der Waals surface area contributed by atoms with E-state index in [0.29, 0.717) is 6.54 Å². The monoisotopic (exact) mass is 332 g/mol. The van der Waals surface area contributed by atoms with Crippen molar-refractivity contribution >= 4 is 0 Å². The lowest BCUT2D eigenvalue weighted by Gasteiger charge is -2.37. The summed E-state index contributed by atoms with van der Waals surface area (Å²) < 4.78 is 5.98. The van der Waals surface area contributed by atoms with Crippen molar-refractivity contribution in [2.45, 2.75) is 45.3 Å². The van der Waals surface area contributed by atoms with E-state index in [-0.39, 0.29) is 6.10 Å². The largest absolute Gasteiger partial charge is 0.387 e. The van der Waals surface area contributed by atoms with Gasteiger partial charge in [-0.1, -0.05) is 30.2 Å². The third-order valence-corrected chi connectivity index (χ3v) is 5.36. The van der Waals surface area contributed by atoms with Gasteiger partial charge in [0.1, 0.15) is 0 Å². The second-order valence-electron chi connectivity index (χ2n) is 7.49. The van der Waals surface area contributed by atoms with Crippen LogP contribution in [0.4, 0.5) is 0 Å². The molecule has 1 aromatic carbocycles. The number of aryl methyl sites for hydroxylation is 2. The number of nitrogens with zero attached hydrogens (tertiary/aromatic N) is 2. The molecule has 0 amide bonds. The fourth-order valence-corrected chi connectivity index (χ4v) is 3.95. The number of piperidine rings is 1. The van der Waals surface area contributed by atoms with Crippen molar-refractivity contribution in [2.75, 3.05) is 45.9 Å². The summed E-state index contributed by atoms with van der Waals surface area (Å²) >= 11 is 0. The van der Waals surface area contributed by atoms with Gasteiger partial charge in [0.2, 0.25) is 0 Å². The number of ether oxygens (including phenoxy) is 1. The predicted molar refractivity (Wildman–Crippen MR) is 97.3 cm³/mol. The van der Waals surface area contributed by atoms with E-state index in [1.54, 1.807) is 0 Å². The lowest BCUT2D eigenvalue weighted by atomic mass is 10.00. The summed E-state index contributed by atoms with van der Waals surface area (Å²) in [5, 5.41) is 10.7. The van der Waals surface area contributed by atoms with Gasteiger partial charge in [0.05, 0.1) is 18.8 Å². The van der Waals surface area contributed by atoms with Gasteiger partial charge >= 0.3 is 0 Å². The highest BCUT2D eigenvalue weighted by atomic mass is 16.5. The van der Waals surface area contributed by atoms with Gasteiger partial charge in [-0.25, -0.2) is 0 Å². The van der Waals surface area contributed by atoms with Gasteiger partial charge in [0.15, 0.2) is 0 Å². The van der Waals surface area contributed by atoms with Crippen LogP contribution in [0.2, 0.25) is 0 Å². The summed E-state index contributed by atoms with van der Waals surface area (Å²) in [7, 11) is 0. The fourth-order valence-electron chi connectivity index (χ4n) is 3.95. The average Bonchev–Trinajstić information content (AvgIpc) is 2.58. The van der Waals surface area contributed by atoms with E-state index in [1.165, 1.54) is 43.5 Å². The Kier molecular flexibility index (Phi) is 6.28. The number of β-amino-alcohol motifs (C(OH)–C–C–N with tert-alkyl or cyclic N) is 1. The van der Waals surface area contributed by atoms with Crippen LogP contribution in [0.3, 0.4) is 0 Å². The first-order valence-electron chi connectivity index (χ1n) is 9.43. The van der Waals surface area contributed by atoms with E-state index in [1.807, 2.05) is 0 Å². The highest BCUT2D eigenvalue weighted by Gasteiger charge is 2.25. The molecule has 2 saturated heterocycles. The molecule has 0 bridgehead atoms. The third-order valence-electron chi connectivity index (χ3n) is 5.36. The van der Waals surface area contributed by atoms with Crippen molar-refractivity contribution in [3.05, 3.63) is 34.9 Å². The highest BCUT2D eigenvalue weighted by molar-refractivity contribution is 5.32. The molecule has 2 atom stereocenters. The predicted octanol–water partition coefficient (Wildman–Crippen LogP) is 2.52. The number of aliphatic hydroxyl groups is 1. The Hall–Kier alpha value is -0.940. The summed E-state index contributed by atoms with van der Waals surface area (Å²) in [6.45, 7) is 10.9. The van der Waals surface area contributed by atoms with Crippen LogP contribution in [0, 0.1) is 13.8 Å². The number of rotatable bonds is 5. The normalized spacial score (nSPS) is 24.9. The molecular formula is C20H32N2O2. The fraction of sp³-hybridized carbons (Fsp3) is 0.700. The number of hydrogen-bond donors (Lipinski definition) is 1. The molecule has 0 unspecified atom stereocenters. The van der Waals surface area contributed by atoms with Crippen molar-refractivity contribution < 1.29 is 9.84 Å². The van der Waals surface area contributed by atoms with Crippen LogP contribution in [0.1, 0.15) is 42.1 Å². The Labute approximate surface area is 146 Å². The Morgan fingerprint density at radius 3 is 2.71 bits per heavy atom. The van der Waals surface area contributed by atoms with Crippen molar-refractivity contribution in [2.24, 2.45) is 0 Å². The zero-order valence-electron chi connectivity index (χ0n) is 15.2. The highest BCUT2D eigenvalue weighted by Crippen LogP contribution is 2.21. The average molecular weight is 332 g/mol. The van der Waals surface area contributed by atoms with E-state index < -0.39 is 6.10 Å². The summed E-state index contributed by atoms with van der Waals surface area (Å²) in [5.74, 6) is 0. The van der Waals surface area contributed by atoms with Gasteiger partial charge in [-0.3, -0.25) is 4.90 Å². The van der Waals surface area contributed by atoms with Crippen LogP contribution in [0.5, 0.6) is 0 Å². The first-order valence-corrected chi connectivity index (χ1v) is 9.43. The first kappa shape index (κ1) is 17.9. The minimum absolute atomic E-state index is 0.280. The number of likely N-dealkylation sites (tertiary alicyclic amines) is 1. The van der Waals surface area contributed by atoms with Gasteiger partial charge in [-0.05, 0) is 50.9 Å². The van der Waals surface area contributed by atoms with Gasteiger partial charge in [-0.15, -0.1) is 0 Å². The molecule has 1 N–H and O–H groups in total. The second-order valence-corrected chi connectivity index (χ2v) is 7.49. The maximum atomic E-state index is 10.7. The van der Waals surface area contributed by atoms with Gasteiger partial charge < -0.3 is 14.7 Å². The van der Waals surface area contributed by atoms with Crippen LogP contribution in [-0.2, 0) is 4.74 Å². The lowest BCUT2D eigenvalue weighted by molar-refractivity contribution is -0.0550. The van der Waals surface area contributed by atoms with Crippen molar-refractivity contribution in [3.63, 3.8) is 0 Å². The number of benzene rings is 1. The van der Waals surface area contributed by atoms with Crippen LogP contribution in [0.25, 0.3) is 0 Å². The molecular weight excluding hydrogens is 300 g/mol. The van der Waals surface area contributed by atoms with Crippen LogP contribution in [0.15, 0.2) is 18.2 Å². The topological polar surface area (TPSA) is 35.9 Å². The number of hydrogen-bond acceptors (Lipinski definition) is 4. The molecule has 0 saturated carbocycles. The molecule has 2 heterocycles. The van der Waals surface area contributed by atoms with Gasteiger partial charge in [-0.2, -0.15) is 0 Å². The first-order chi connectivity index (χ1) is 11.6. The molecule has 24 heavy (non-hydrogen) atoms. The lowest BCUT2D eigenvalue weighted by Crippen LogP contribution is -2.49. The SMILES string of the molecule is Cc1ccc(C)c([C@H](O)CN2CCO[C@@H](CN3CCCCC3)C2)c1. The zero-order chi connectivity index (χ0) is 16.9. The maximum absolute atomic E-state index is 10.7. The number of aliphatic hydroxyl groups excluding tert-OH is 1. The minimum Gasteiger partial charge on any atom is -0.387 e. The third kappa shape index (κ3) is 4.79. The van der Waals surface area contributed by atoms with E-state index in [2.05, 4.69) is 41.8 Å². The number of morpholine rings is 1. The molecule has 0 aliphatic carbocycles. The van der Waals surface area contributed by atoms with Crippen LogP contribution >= 0.6 is 0 Å². The molecule has 0 radical (unpaired) electrons. The van der Waals surface area contributed by atoms with E-state index in [0.717, 1.165) is 31.8 Å². The summed E-state index contributed by atoms with van der Waals surface area (Å²) in [6.07, 6.45) is 3.88. The quantitative estimate of drug-likeness (QED) is 0.899.